The standard InChI is InChI=1S/C36H44N2O6/c1-6-24-16-23(5)17-25(7-2)34(24)37-32(39)20-38-19-29(27-10-13-30-31(18-27)43-15-14-42-30)33(36(40)41)35(38)26-8-11-28(12-9-26)44-21-22(3)4/h8-13,16-18,22,29,33,35H,6-7,14-15,19-21H2,1-5H3,(H,37,39)(H,40,41)/t29-,33?,35+/m1/s1. The van der Waals surface area contributed by atoms with Crippen molar-refractivity contribution in [2.24, 2.45) is 11.8 Å². The highest BCUT2D eigenvalue weighted by atomic mass is 16.6. The summed E-state index contributed by atoms with van der Waals surface area (Å²) in [5, 5.41) is 13.9. The molecule has 1 saturated heterocycles. The van der Waals surface area contributed by atoms with Gasteiger partial charge >= 0.3 is 5.97 Å². The smallest absolute Gasteiger partial charge is 0.309 e. The molecule has 0 bridgehead atoms. The van der Waals surface area contributed by atoms with Gasteiger partial charge < -0.3 is 24.6 Å². The van der Waals surface area contributed by atoms with Gasteiger partial charge in [0, 0.05) is 24.2 Å². The number of likely N-dealkylation sites (tertiary alicyclic amines) is 1. The van der Waals surface area contributed by atoms with Crippen LogP contribution in [-0.2, 0) is 22.4 Å². The number of benzene rings is 3. The number of hydrogen-bond acceptors (Lipinski definition) is 6. The van der Waals surface area contributed by atoms with E-state index in [0.29, 0.717) is 43.8 Å². The lowest BCUT2D eigenvalue weighted by Crippen LogP contribution is -2.35. The molecule has 1 amide bonds. The van der Waals surface area contributed by atoms with Crippen molar-refractivity contribution < 1.29 is 28.9 Å². The van der Waals surface area contributed by atoms with Gasteiger partial charge in [0.15, 0.2) is 11.5 Å². The summed E-state index contributed by atoms with van der Waals surface area (Å²) in [5.74, 6) is 0.182. The number of amides is 1. The molecule has 0 spiro atoms. The Balaban J connectivity index is 1.48. The van der Waals surface area contributed by atoms with E-state index >= 15 is 0 Å². The number of aryl methyl sites for hydroxylation is 3. The molecule has 2 N–H and O–H groups in total. The first kappa shape index (κ1) is 31.4. The molecule has 3 aromatic carbocycles. The molecule has 234 valence electrons. The normalized spacial score (nSPS) is 19.6. The lowest BCUT2D eigenvalue weighted by molar-refractivity contribution is -0.143. The van der Waals surface area contributed by atoms with Crippen LogP contribution >= 0.6 is 0 Å². The van der Waals surface area contributed by atoms with E-state index in [9.17, 15) is 14.7 Å². The van der Waals surface area contributed by atoms with Crippen LogP contribution in [0.2, 0.25) is 0 Å². The Morgan fingerprint density at radius 2 is 1.59 bits per heavy atom. The zero-order valence-electron chi connectivity index (χ0n) is 26.4. The SMILES string of the molecule is CCc1cc(C)cc(CC)c1NC(=O)CN1C[C@H](c2ccc3c(c2)OCCO3)C(C(=O)O)[C@@H]1c1ccc(OCC(C)C)cc1. The van der Waals surface area contributed by atoms with Crippen molar-refractivity contribution in [3.05, 3.63) is 82.4 Å². The number of carboxylic acids is 1. The molecule has 3 atom stereocenters. The summed E-state index contributed by atoms with van der Waals surface area (Å²) >= 11 is 0. The second-order valence-corrected chi connectivity index (χ2v) is 12.2. The first-order valence-corrected chi connectivity index (χ1v) is 15.7. The molecule has 5 rings (SSSR count). The predicted octanol–water partition coefficient (Wildman–Crippen LogP) is 6.41. The Bertz CT molecular complexity index is 1460. The Kier molecular flexibility index (Phi) is 9.79. The van der Waals surface area contributed by atoms with Gasteiger partial charge in [-0.2, -0.15) is 0 Å². The van der Waals surface area contributed by atoms with Crippen LogP contribution in [-0.4, -0.2) is 54.8 Å². The van der Waals surface area contributed by atoms with Crippen molar-refractivity contribution in [2.75, 3.05) is 38.2 Å². The number of aliphatic carboxylic acids is 1. The highest BCUT2D eigenvalue weighted by Crippen LogP contribution is 2.47. The van der Waals surface area contributed by atoms with E-state index in [1.54, 1.807) is 0 Å². The van der Waals surface area contributed by atoms with Crippen molar-refractivity contribution >= 4 is 17.6 Å². The third-order valence-electron chi connectivity index (χ3n) is 8.50. The third kappa shape index (κ3) is 6.86. The van der Waals surface area contributed by atoms with Crippen LogP contribution in [0.4, 0.5) is 5.69 Å². The number of carbonyl (C=O) groups is 2. The topological polar surface area (TPSA) is 97.3 Å². The van der Waals surface area contributed by atoms with E-state index in [1.807, 2.05) is 47.4 Å². The van der Waals surface area contributed by atoms with Crippen molar-refractivity contribution in [3.63, 3.8) is 0 Å². The first-order valence-electron chi connectivity index (χ1n) is 15.7. The Morgan fingerprint density at radius 1 is 0.955 bits per heavy atom. The Morgan fingerprint density at radius 3 is 2.20 bits per heavy atom. The highest BCUT2D eigenvalue weighted by molar-refractivity contribution is 5.94. The van der Waals surface area contributed by atoms with Gasteiger partial charge in [-0.05, 0) is 72.2 Å². The van der Waals surface area contributed by atoms with E-state index in [0.717, 1.165) is 46.5 Å². The first-order chi connectivity index (χ1) is 21.2. The molecule has 1 unspecified atom stereocenters. The minimum atomic E-state index is -0.905. The summed E-state index contributed by atoms with van der Waals surface area (Å²) < 4.78 is 17.4. The largest absolute Gasteiger partial charge is 0.493 e. The van der Waals surface area contributed by atoms with Crippen LogP contribution in [0.3, 0.4) is 0 Å². The van der Waals surface area contributed by atoms with Crippen molar-refractivity contribution in [2.45, 2.75) is 59.4 Å². The molecular weight excluding hydrogens is 556 g/mol. The summed E-state index contributed by atoms with van der Waals surface area (Å²) in [4.78, 5) is 28.7. The van der Waals surface area contributed by atoms with Crippen LogP contribution in [0.5, 0.6) is 17.2 Å². The maximum absolute atomic E-state index is 13.7. The predicted molar refractivity (Wildman–Crippen MR) is 171 cm³/mol. The zero-order chi connectivity index (χ0) is 31.4. The molecule has 8 nitrogen and oxygen atoms in total. The van der Waals surface area contributed by atoms with Gasteiger partial charge in [0.05, 0.1) is 19.1 Å². The molecule has 2 aliphatic heterocycles. The second kappa shape index (κ2) is 13.7. The molecule has 0 aromatic heterocycles. The number of nitrogens with one attached hydrogen (secondary N) is 1. The Hall–Kier alpha value is -4.04. The fourth-order valence-corrected chi connectivity index (χ4v) is 6.47. The summed E-state index contributed by atoms with van der Waals surface area (Å²) in [5.41, 5.74) is 5.92. The van der Waals surface area contributed by atoms with Crippen molar-refractivity contribution in [1.82, 2.24) is 4.90 Å². The van der Waals surface area contributed by atoms with Gasteiger partial charge in [0.1, 0.15) is 19.0 Å². The number of nitrogens with zero attached hydrogens (tertiary/aromatic N) is 1. The Labute approximate surface area is 260 Å². The number of anilines is 1. The summed E-state index contributed by atoms with van der Waals surface area (Å²) in [6.45, 7) is 12.4. The quantitative estimate of drug-likeness (QED) is 0.263. The lowest BCUT2D eigenvalue weighted by atomic mass is 9.82. The van der Waals surface area contributed by atoms with Crippen LogP contribution in [0.15, 0.2) is 54.6 Å². The third-order valence-corrected chi connectivity index (χ3v) is 8.50. The second-order valence-electron chi connectivity index (χ2n) is 12.2. The average Bonchev–Trinajstić information content (AvgIpc) is 3.39. The van der Waals surface area contributed by atoms with E-state index in [2.05, 4.69) is 52.1 Å². The minimum absolute atomic E-state index is 0.0568. The fourth-order valence-electron chi connectivity index (χ4n) is 6.47. The number of carbonyl (C=O) groups excluding carboxylic acids is 1. The van der Waals surface area contributed by atoms with Gasteiger partial charge in [-0.3, -0.25) is 14.5 Å². The lowest BCUT2D eigenvalue weighted by Gasteiger charge is -2.27. The zero-order valence-corrected chi connectivity index (χ0v) is 26.4. The van der Waals surface area contributed by atoms with Gasteiger partial charge in [-0.15, -0.1) is 0 Å². The minimum Gasteiger partial charge on any atom is -0.493 e. The van der Waals surface area contributed by atoms with Crippen molar-refractivity contribution in [1.29, 1.82) is 0 Å². The maximum Gasteiger partial charge on any atom is 0.309 e. The van der Waals surface area contributed by atoms with Gasteiger partial charge in [0.25, 0.3) is 0 Å². The monoisotopic (exact) mass is 600 g/mol. The molecule has 2 aliphatic rings. The van der Waals surface area contributed by atoms with E-state index < -0.39 is 17.9 Å². The summed E-state index contributed by atoms with van der Waals surface area (Å²) in [6.07, 6.45) is 1.60. The number of carboxylic acid groups (broad SMARTS) is 1. The summed E-state index contributed by atoms with van der Waals surface area (Å²) in [7, 11) is 0. The molecule has 8 heteroatoms. The molecule has 0 aliphatic carbocycles. The summed E-state index contributed by atoms with van der Waals surface area (Å²) in [6, 6.07) is 17.0. The number of hydrogen-bond donors (Lipinski definition) is 2. The van der Waals surface area contributed by atoms with E-state index in [-0.39, 0.29) is 18.4 Å². The van der Waals surface area contributed by atoms with Gasteiger partial charge in [0.2, 0.25) is 5.91 Å². The van der Waals surface area contributed by atoms with Gasteiger partial charge in [-0.1, -0.05) is 63.6 Å². The fraction of sp³-hybridized carbons (Fsp3) is 0.444. The number of fused-ring (bicyclic) bond motifs is 1. The van der Waals surface area contributed by atoms with E-state index in [4.69, 9.17) is 14.2 Å². The molecule has 3 aromatic rings. The molecule has 0 radical (unpaired) electrons. The van der Waals surface area contributed by atoms with Crippen LogP contribution in [0, 0.1) is 18.8 Å². The van der Waals surface area contributed by atoms with Crippen molar-refractivity contribution in [3.8, 4) is 17.2 Å². The molecule has 44 heavy (non-hydrogen) atoms. The highest BCUT2D eigenvalue weighted by Gasteiger charge is 2.48. The molecule has 2 heterocycles. The van der Waals surface area contributed by atoms with E-state index in [1.165, 1.54) is 5.56 Å². The molecular formula is C36H44N2O6. The maximum atomic E-state index is 13.7. The van der Waals surface area contributed by atoms with Crippen LogP contribution in [0.25, 0.3) is 0 Å². The van der Waals surface area contributed by atoms with Crippen LogP contribution < -0.4 is 19.5 Å². The number of ether oxygens (including phenoxy) is 3. The van der Waals surface area contributed by atoms with Gasteiger partial charge in [-0.25, -0.2) is 0 Å². The average molecular weight is 601 g/mol. The van der Waals surface area contributed by atoms with Crippen LogP contribution in [0.1, 0.15) is 67.5 Å². The molecule has 0 saturated carbocycles. The molecule has 1 fully saturated rings. The number of rotatable bonds is 11.